The van der Waals surface area contributed by atoms with E-state index in [1.807, 2.05) is 13.1 Å². The third-order valence-corrected chi connectivity index (χ3v) is 2.64. The van der Waals surface area contributed by atoms with Gasteiger partial charge in [0.15, 0.2) is 4.77 Å². The van der Waals surface area contributed by atoms with Gasteiger partial charge in [-0.3, -0.25) is 0 Å². The Morgan fingerprint density at radius 3 is 2.67 bits per heavy atom. The minimum atomic E-state index is 0.111. The van der Waals surface area contributed by atoms with Gasteiger partial charge in [0.2, 0.25) is 0 Å². The van der Waals surface area contributed by atoms with Crippen molar-refractivity contribution in [2.45, 2.75) is 39.7 Å². The zero-order chi connectivity index (χ0) is 11.5. The second-order valence-electron chi connectivity index (χ2n) is 4.58. The van der Waals surface area contributed by atoms with E-state index in [-0.39, 0.29) is 5.41 Å². The summed E-state index contributed by atoms with van der Waals surface area (Å²) in [6, 6.07) is 0. The van der Waals surface area contributed by atoms with Crippen LogP contribution in [-0.2, 0) is 16.7 Å². The van der Waals surface area contributed by atoms with Crippen LogP contribution in [0.2, 0.25) is 0 Å². The molecule has 3 nitrogen and oxygen atoms in total. The van der Waals surface area contributed by atoms with E-state index in [0.717, 1.165) is 17.9 Å². The predicted octanol–water partition coefficient (Wildman–Crippen LogP) is 2.88. The number of nitrogens with zero attached hydrogens (tertiary/aromatic N) is 1. The van der Waals surface area contributed by atoms with Crippen molar-refractivity contribution in [2.75, 3.05) is 13.2 Å². The molecule has 1 aromatic rings. The van der Waals surface area contributed by atoms with Crippen molar-refractivity contribution >= 4 is 12.2 Å². The molecular weight excluding hydrogens is 208 g/mol. The fourth-order valence-corrected chi connectivity index (χ4v) is 1.79. The van der Waals surface area contributed by atoms with Crippen LogP contribution in [0.25, 0.3) is 0 Å². The molecule has 0 aliphatic rings. The van der Waals surface area contributed by atoms with E-state index in [1.165, 1.54) is 5.69 Å². The maximum atomic E-state index is 5.35. The summed E-state index contributed by atoms with van der Waals surface area (Å²) >= 11 is 5.24. The molecule has 1 heterocycles. The molecule has 86 valence electrons. The van der Waals surface area contributed by atoms with Crippen molar-refractivity contribution in [1.29, 1.82) is 0 Å². The zero-order valence-electron chi connectivity index (χ0n) is 9.96. The third-order valence-electron chi connectivity index (χ3n) is 2.30. The first-order valence-corrected chi connectivity index (χ1v) is 5.74. The van der Waals surface area contributed by atoms with Gasteiger partial charge in [-0.1, -0.05) is 20.8 Å². The Morgan fingerprint density at radius 1 is 1.47 bits per heavy atom. The molecule has 0 aliphatic carbocycles. The number of hydrogen-bond acceptors (Lipinski definition) is 2. The standard InChI is InChI=1S/C11H20N2OS/c1-5-14-7-6-13-9(11(2,3)4)8-12-10(13)15/h8H,5-7H2,1-4H3,(H,12,15). The molecule has 4 heteroatoms. The normalized spacial score (nSPS) is 12.0. The van der Waals surface area contributed by atoms with Crippen LogP contribution in [0.4, 0.5) is 0 Å². The number of ether oxygens (including phenoxy) is 1. The Kier molecular flexibility index (Phi) is 4.11. The molecule has 0 aromatic carbocycles. The fraction of sp³-hybridized carbons (Fsp3) is 0.727. The van der Waals surface area contributed by atoms with Crippen LogP contribution in [0.3, 0.4) is 0 Å². The topological polar surface area (TPSA) is 29.9 Å². The summed E-state index contributed by atoms with van der Waals surface area (Å²) in [7, 11) is 0. The van der Waals surface area contributed by atoms with Crippen LogP contribution >= 0.6 is 12.2 Å². The first-order valence-electron chi connectivity index (χ1n) is 5.33. The Morgan fingerprint density at radius 2 is 2.13 bits per heavy atom. The second-order valence-corrected chi connectivity index (χ2v) is 4.96. The van der Waals surface area contributed by atoms with E-state index in [2.05, 4.69) is 30.3 Å². The van der Waals surface area contributed by atoms with Crippen molar-refractivity contribution in [1.82, 2.24) is 9.55 Å². The summed E-state index contributed by atoms with van der Waals surface area (Å²) in [5, 5.41) is 0. The molecule has 0 saturated heterocycles. The molecule has 0 bridgehead atoms. The monoisotopic (exact) mass is 228 g/mol. The van der Waals surface area contributed by atoms with Crippen LogP contribution in [0.1, 0.15) is 33.4 Å². The summed E-state index contributed by atoms with van der Waals surface area (Å²) in [5.74, 6) is 0. The van der Waals surface area contributed by atoms with E-state index in [1.54, 1.807) is 0 Å². The molecule has 0 unspecified atom stereocenters. The zero-order valence-corrected chi connectivity index (χ0v) is 10.8. The molecule has 0 atom stereocenters. The third kappa shape index (κ3) is 3.18. The molecule has 0 aliphatic heterocycles. The van der Waals surface area contributed by atoms with Crippen LogP contribution in [0, 0.1) is 4.77 Å². The van der Waals surface area contributed by atoms with Crippen LogP contribution < -0.4 is 0 Å². The molecule has 1 N–H and O–H groups in total. The van der Waals surface area contributed by atoms with Crippen molar-refractivity contribution in [3.05, 3.63) is 16.7 Å². The van der Waals surface area contributed by atoms with Crippen LogP contribution in [-0.4, -0.2) is 22.8 Å². The molecule has 15 heavy (non-hydrogen) atoms. The largest absolute Gasteiger partial charge is 0.380 e. The molecule has 1 aromatic heterocycles. The van der Waals surface area contributed by atoms with Gasteiger partial charge in [-0.2, -0.15) is 0 Å². The number of rotatable bonds is 4. The summed E-state index contributed by atoms with van der Waals surface area (Å²) in [6.45, 7) is 10.8. The van der Waals surface area contributed by atoms with Gasteiger partial charge >= 0.3 is 0 Å². The summed E-state index contributed by atoms with van der Waals surface area (Å²) < 4.78 is 8.24. The molecular formula is C11H20N2OS. The van der Waals surface area contributed by atoms with Gasteiger partial charge in [-0.05, 0) is 19.1 Å². The maximum absolute atomic E-state index is 5.35. The fourth-order valence-electron chi connectivity index (χ4n) is 1.54. The van der Waals surface area contributed by atoms with Crippen LogP contribution in [0.5, 0.6) is 0 Å². The number of aromatic nitrogens is 2. The minimum Gasteiger partial charge on any atom is -0.380 e. The number of hydrogen-bond donors (Lipinski definition) is 1. The average Bonchev–Trinajstić information content (AvgIpc) is 2.48. The summed E-state index contributed by atoms with van der Waals surface area (Å²) in [6.07, 6.45) is 1.99. The van der Waals surface area contributed by atoms with Gasteiger partial charge in [-0.25, -0.2) is 0 Å². The van der Waals surface area contributed by atoms with E-state index < -0.39 is 0 Å². The Hall–Kier alpha value is -0.610. The smallest absolute Gasteiger partial charge is 0.177 e. The summed E-state index contributed by atoms with van der Waals surface area (Å²) in [4.78, 5) is 3.09. The molecule has 0 radical (unpaired) electrons. The number of imidazole rings is 1. The number of aromatic amines is 1. The Labute approximate surface area is 96.5 Å². The lowest BCUT2D eigenvalue weighted by atomic mass is 9.93. The minimum absolute atomic E-state index is 0.111. The SMILES string of the molecule is CCOCCn1c(C(C)(C)C)c[nH]c1=S. The average molecular weight is 228 g/mol. The highest BCUT2D eigenvalue weighted by atomic mass is 32.1. The maximum Gasteiger partial charge on any atom is 0.177 e. The van der Waals surface area contributed by atoms with Crippen molar-refractivity contribution in [2.24, 2.45) is 0 Å². The molecule has 0 spiro atoms. The van der Waals surface area contributed by atoms with Crippen molar-refractivity contribution in [3.8, 4) is 0 Å². The van der Waals surface area contributed by atoms with E-state index in [0.29, 0.717) is 6.61 Å². The number of H-pyrrole nitrogens is 1. The Bertz CT molecular complexity index is 359. The van der Waals surface area contributed by atoms with Crippen LogP contribution in [0.15, 0.2) is 6.20 Å². The van der Waals surface area contributed by atoms with Gasteiger partial charge in [0.05, 0.1) is 6.61 Å². The lowest BCUT2D eigenvalue weighted by molar-refractivity contribution is 0.137. The second kappa shape index (κ2) is 4.94. The molecule has 1 rings (SSSR count). The predicted molar refractivity (Wildman–Crippen MR) is 64.8 cm³/mol. The molecule has 0 amide bonds. The van der Waals surface area contributed by atoms with Gasteiger partial charge in [0.1, 0.15) is 0 Å². The lowest BCUT2D eigenvalue weighted by Gasteiger charge is -2.20. The molecule has 0 fully saturated rings. The highest BCUT2D eigenvalue weighted by Gasteiger charge is 2.18. The molecule has 0 saturated carbocycles. The van der Waals surface area contributed by atoms with Crippen molar-refractivity contribution < 1.29 is 4.74 Å². The highest BCUT2D eigenvalue weighted by Crippen LogP contribution is 2.21. The van der Waals surface area contributed by atoms with E-state index in [4.69, 9.17) is 17.0 Å². The van der Waals surface area contributed by atoms with Gasteiger partial charge in [-0.15, -0.1) is 0 Å². The van der Waals surface area contributed by atoms with E-state index in [9.17, 15) is 0 Å². The van der Waals surface area contributed by atoms with Gasteiger partial charge < -0.3 is 14.3 Å². The lowest BCUT2D eigenvalue weighted by Crippen LogP contribution is -2.19. The quantitative estimate of drug-likeness (QED) is 0.634. The first kappa shape index (κ1) is 12.5. The highest BCUT2D eigenvalue weighted by molar-refractivity contribution is 7.71. The number of nitrogens with one attached hydrogen (secondary N) is 1. The van der Waals surface area contributed by atoms with Gasteiger partial charge in [0, 0.05) is 30.5 Å². The van der Waals surface area contributed by atoms with Crippen molar-refractivity contribution in [3.63, 3.8) is 0 Å². The van der Waals surface area contributed by atoms with Gasteiger partial charge in [0.25, 0.3) is 0 Å². The summed E-state index contributed by atoms with van der Waals surface area (Å²) in [5.41, 5.74) is 1.34. The Balaban J connectivity index is 2.85. The van der Waals surface area contributed by atoms with E-state index >= 15 is 0 Å². The first-order chi connectivity index (χ1) is 6.96.